The maximum atomic E-state index is 12.5. The molecule has 0 aliphatic heterocycles. The summed E-state index contributed by atoms with van der Waals surface area (Å²) < 4.78 is 6.98. The molecule has 0 aliphatic rings. The molecule has 3 rings (SSSR count). The summed E-state index contributed by atoms with van der Waals surface area (Å²) in [6, 6.07) is 5.39. The van der Waals surface area contributed by atoms with Gasteiger partial charge in [-0.15, -0.1) is 0 Å². The SMILES string of the molecule is COCCCNc1nc(Nc2ccc3c(cnn3C)c2)ncc1C#CCCCNC(=O)[C@H](C)N(C)C(=O)/C=C/CN(C)C. The molecule has 230 valence electrons. The molecule has 1 aromatic carbocycles. The third-order valence-electron chi connectivity index (χ3n) is 6.65. The highest BCUT2D eigenvalue weighted by Crippen LogP contribution is 2.22. The minimum Gasteiger partial charge on any atom is -0.385 e. The van der Waals surface area contributed by atoms with Gasteiger partial charge < -0.3 is 30.5 Å². The van der Waals surface area contributed by atoms with E-state index in [-0.39, 0.29) is 11.8 Å². The molecule has 3 N–H and O–H groups in total. The van der Waals surface area contributed by atoms with Crippen LogP contribution in [0.1, 0.15) is 31.7 Å². The van der Waals surface area contributed by atoms with E-state index in [4.69, 9.17) is 4.74 Å². The number of carbonyl (C=O) groups excluding carboxylic acids is 2. The second-order valence-corrected chi connectivity index (χ2v) is 10.4. The number of hydrogen-bond donors (Lipinski definition) is 3. The van der Waals surface area contributed by atoms with Crippen molar-refractivity contribution < 1.29 is 14.3 Å². The second kappa shape index (κ2) is 16.8. The fraction of sp³-hybridized carbons (Fsp3) is 0.452. The number of fused-ring (bicyclic) bond motifs is 1. The normalized spacial score (nSPS) is 11.8. The van der Waals surface area contributed by atoms with Crippen LogP contribution in [0.3, 0.4) is 0 Å². The minimum atomic E-state index is -0.579. The van der Waals surface area contributed by atoms with Crippen LogP contribution in [0.15, 0.2) is 42.7 Å². The fourth-order valence-corrected chi connectivity index (χ4v) is 4.00. The van der Waals surface area contributed by atoms with E-state index < -0.39 is 6.04 Å². The Balaban J connectivity index is 1.55. The quantitative estimate of drug-likeness (QED) is 0.139. The summed E-state index contributed by atoms with van der Waals surface area (Å²) in [5.74, 6) is 7.00. The average Bonchev–Trinajstić information content (AvgIpc) is 3.36. The van der Waals surface area contributed by atoms with E-state index in [0.717, 1.165) is 23.0 Å². The van der Waals surface area contributed by atoms with Gasteiger partial charge in [0.15, 0.2) is 0 Å². The number of likely N-dealkylation sites (N-methyl/N-ethyl adjacent to an activating group) is 2. The number of aryl methyl sites for hydroxylation is 1. The van der Waals surface area contributed by atoms with Crippen LogP contribution in [0.4, 0.5) is 17.5 Å². The van der Waals surface area contributed by atoms with Gasteiger partial charge in [0.1, 0.15) is 11.9 Å². The standard InChI is InChI=1S/C31H43N9O3/c1-23(39(4)28(41)13-10-18-38(2)3)30(42)33-16-9-7-8-12-24-21-34-31(37-29(24)32-17-11-19-43-6)36-26-14-15-27-25(20-26)22-35-40(27)5/h10,13-15,20-23H,7,9,11,16-19H2,1-6H3,(H,33,42)(H2,32,34,36,37)/b13-10+/t23-/m0/s1. The number of amides is 2. The van der Waals surface area contributed by atoms with E-state index in [0.29, 0.717) is 56.4 Å². The van der Waals surface area contributed by atoms with Crippen LogP contribution >= 0.6 is 0 Å². The van der Waals surface area contributed by atoms with Crippen molar-refractivity contribution in [3.63, 3.8) is 0 Å². The Morgan fingerprint density at radius 3 is 2.74 bits per heavy atom. The third-order valence-corrected chi connectivity index (χ3v) is 6.65. The summed E-state index contributed by atoms with van der Waals surface area (Å²) >= 11 is 0. The highest BCUT2D eigenvalue weighted by Gasteiger charge is 2.20. The highest BCUT2D eigenvalue weighted by molar-refractivity contribution is 5.92. The first-order valence-electron chi connectivity index (χ1n) is 14.3. The molecule has 0 saturated carbocycles. The van der Waals surface area contributed by atoms with Crippen molar-refractivity contribution in [2.45, 2.75) is 32.2 Å². The van der Waals surface area contributed by atoms with Gasteiger partial charge in [0, 0.05) is 71.0 Å². The minimum absolute atomic E-state index is 0.202. The number of ether oxygens (including phenoxy) is 1. The van der Waals surface area contributed by atoms with Gasteiger partial charge in [0.2, 0.25) is 17.8 Å². The summed E-state index contributed by atoms with van der Waals surface area (Å²) in [5.41, 5.74) is 2.58. The molecule has 2 heterocycles. The number of aromatic nitrogens is 4. The summed E-state index contributed by atoms with van der Waals surface area (Å²) in [4.78, 5) is 37.4. The van der Waals surface area contributed by atoms with E-state index in [1.54, 1.807) is 33.4 Å². The molecule has 12 heteroatoms. The van der Waals surface area contributed by atoms with Crippen molar-refractivity contribution in [3.8, 4) is 11.8 Å². The molecular formula is C31H43N9O3. The number of benzene rings is 1. The van der Waals surface area contributed by atoms with Gasteiger partial charge in [0.05, 0.1) is 23.5 Å². The average molecular weight is 590 g/mol. The second-order valence-electron chi connectivity index (χ2n) is 10.4. The molecule has 3 aromatic rings. The van der Waals surface area contributed by atoms with Crippen molar-refractivity contribution in [3.05, 3.63) is 48.3 Å². The number of methoxy groups -OCH3 is 1. The zero-order valence-corrected chi connectivity index (χ0v) is 26.0. The van der Waals surface area contributed by atoms with Gasteiger partial charge in [0.25, 0.3) is 0 Å². The summed E-state index contributed by atoms with van der Waals surface area (Å²) in [5, 5.41) is 14.8. The molecule has 1 atom stereocenters. The molecule has 0 saturated heterocycles. The smallest absolute Gasteiger partial charge is 0.246 e. The van der Waals surface area contributed by atoms with Crippen molar-refractivity contribution >= 4 is 40.2 Å². The van der Waals surface area contributed by atoms with Gasteiger partial charge in [-0.05, 0) is 52.1 Å². The van der Waals surface area contributed by atoms with Crippen molar-refractivity contribution in [1.29, 1.82) is 0 Å². The van der Waals surface area contributed by atoms with Crippen molar-refractivity contribution in [1.82, 2.24) is 34.9 Å². The summed E-state index contributed by atoms with van der Waals surface area (Å²) in [6.07, 6.45) is 8.85. The molecule has 2 aromatic heterocycles. The number of rotatable bonds is 15. The molecule has 0 spiro atoms. The Hall–Kier alpha value is -4.47. The maximum Gasteiger partial charge on any atom is 0.246 e. The number of nitrogens with one attached hydrogen (secondary N) is 3. The zero-order valence-electron chi connectivity index (χ0n) is 26.0. The Labute approximate surface area is 253 Å². The van der Waals surface area contributed by atoms with Crippen LogP contribution < -0.4 is 16.0 Å². The monoisotopic (exact) mass is 589 g/mol. The number of nitrogens with zero attached hydrogens (tertiary/aromatic N) is 6. The number of anilines is 3. The molecule has 0 fully saturated rings. The van der Waals surface area contributed by atoms with Crippen LogP contribution in [-0.2, 0) is 21.4 Å². The molecule has 43 heavy (non-hydrogen) atoms. The number of carbonyl (C=O) groups is 2. The van der Waals surface area contributed by atoms with E-state index in [2.05, 4.69) is 42.9 Å². The fourth-order valence-electron chi connectivity index (χ4n) is 4.00. The van der Waals surface area contributed by atoms with E-state index in [1.165, 1.54) is 11.0 Å². The van der Waals surface area contributed by atoms with Gasteiger partial charge in [-0.1, -0.05) is 17.9 Å². The van der Waals surface area contributed by atoms with Crippen LogP contribution in [0.25, 0.3) is 10.9 Å². The first kappa shape index (κ1) is 33.0. The number of unbranched alkanes of at least 4 members (excludes halogenated alkanes) is 1. The van der Waals surface area contributed by atoms with Gasteiger partial charge >= 0.3 is 0 Å². The van der Waals surface area contributed by atoms with Crippen LogP contribution in [0, 0.1) is 11.8 Å². The Kier molecular flexibility index (Phi) is 12.9. The number of hydrogen-bond acceptors (Lipinski definition) is 9. The molecule has 0 aliphatic carbocycles. The molecule has 0 bridgehead atoms. The maximum absolute atomic E-state index is 12.5. The molecule has 12 nitrogen and oxygen atoms in total. The Bertz CT molecular complexity index is 1460. The van der Waals surface area contributed by atoms with Crippen LogP contribution in [0.2, 0.25) is 0 Å². The zero-order chi connectivity index (χ0) is 31.2. The first-order chi connectivity index (χ1) is 20.7. The van der Waals surface area contributed by atoms with E-state index in [9.17, 15) is 9.59 Å². The molecule has 0 unspecified atom stereocenters. The predicted molar refractivity (Wildman–Crippen MR) is 170 cm³/mol. The Morgan fingerprint density at radius 1 is 1.16 bits per heavy atom. The van der Waals surface area contributed by atoms with E-state index >= 15 is 0 Å². The molecule has 0 radical (unpaired) electrons. The summed E-state index contributed by atoms with van der Waals surface area (Å²) in [7, 11) is 9.06. The molecular weight excluding hydrogens is 546 g/mol. The van der Waals surface area contributed by atoms with Crippen molar-refractivity contribution in [2.24, 2.45) is 7.05 Å². The highest BCUT2D eigenvalue weighted by atomic mass is 16.5. The lowest BCUT2D eigenvalue weighted by atomic mass is 10.2. The molecule has 2 amide bonds. The largest absolute Gasteiger partial charge is 0.385 e. The van der Waals surface area contributed by atoms with Gasteiger partial charge in [-0.25, -0.2) is 4.98 Å². The van der Waals surface area contributed by atoms with Gasteiger partial charge in [-0.2, -0.15) is 10.1 Å². The lowest BCUT2D eigenvalue weighted by Gasteiger charge is -2.23. The lowest BCUT2D eigenvalue weighted by Crippen LogP contribution is -2.45. The van der Waals surface area contributed by atoms with Gasteiger partial charge in [-0.3, -0.25) is 14.3 Å². The predicted octanol–water partition coefficient (Wildman–Crippen LogP) is 2.77. The topological polar surface area (TPSA) is 130 Å². The third kappa shape index (κ3) is 10.4. The lowest BCUT2D eigenvalue weighted by molar-refractivity contribution is -0.135. The first-order valence-corrected chi connectivity index (χ1v) is 14.3. The summed E-state index contributed by atoms with van der Waals surface area (Å²) in [6.45, 7) is 4.13. The van der Waals surface area contributed by atoms with Crippen LogP contribution in [-0.4, -0.2) is 102 Å². The Morgan fingerprint density at radius 2 is 1.98 bits per heavy atom. The van der Waals surface area contributed by atoms with Crippen LogP contribution in [0.5, 0.6) is 0 Å². The van der Waals surface area contributed by atoms with E-state index in [1.807, 2.05) is 55.1 Å². The van der Waals surface area contributed by atoms with Crippen molar-refractivity contribution in [2.75, 3.05) is 65.1 Å².